The molecule has 2 aromatic rings. The Balaban J connectivity index is 2.04. The number of pyridine rings is 1. The Morgan fingerprint density at radius 1 is 1.10 bits per heavy atom. The van der Waals surface area contributed by atoms with Gasteiger partial charge in [-0.05, 0) is 50.8 Å². The van der Waals surface area contributed by atoms with E-state index >= 15 is 0 Å². The highest BCUT2D eigenvalue weighted by Gasteiger charge is 2.22. The van der Waals surface area contributed by atoms with E-state index in [-0.39, 0.29) is 5.95 Å². The summed E-state index contributed by atoms with van der Waals surface area (Å²) in [6.45, 7) is 0. The number of nitrogen functional groups attached to an aromatic ring is 1. The van der Waals surface area contributed by atoms with E-state index in [2.05, 4.69) is 51.8 Å². The zero-order valence-electron chi connectivity index (χ0n) is 10.7. The molecule has 1 aliphatic rings. The number of nitrogens with zero attached hydrogens (tertiary/aromatic N) is 4. The van der Waals surface area contributed by atoms with Crippen LogP contribution in [-0.4, -0.2) is 19.9 Å². The summed E-state index contributed by atoms with van der Waals surface area (Å²) in [5.41, 5.74) is 6.51. The molecule has 0 radical (unpaired) electrons. The van der Waals surface area contributed by atoms with Crippen LogP contribution in [0, 0.1) is 0 Å². The molecular formula is C13H13Br2N5. The highest BCUT2D eigenvalue weighted by Crippen LogP contribution is 2.33. The van der Waals surface area contributed by atoms with E-state index in [1.165, 1.54) is 12.8 Å². The van der Waals surface area contributed by atoms with E-state index in [1.807, 2.05) is 6.07 Å². The van der Waals surface area contributed by atoms with Gasteiger partial charge in [0.1, 0.15) is 11.5 Å². The van der Waals surface area contributed by atoms with E-state index in [1.54, 1.807) is 6.20 Å². The molecule has 3 rings (SSSR count). The number of anilines is 1. The van der Waals surface area contributed by atoms with Crippen molar-refractivity contribution in [1.82, 2.24) is 19.9 Å². The molecule has 0 atom stereocenters. The van der Waals surface area contributed by atoms with Gasteiger partial charge in [-0.3, -0.25) is 4.98 Å². The first-order valence-electron chi connectivity index (χ1n) is 6.46. The van der Waals surface area contributed by atoms with Gasteiger partial charge >= 0.3 is 0 Å². The maximum absolute atomic E-state index is 5.83. The Morgan fingerprint density at radius 3 is 2.55 bits per heavy atom. The van der Waals surface area contributed by atoms with Gasteiger partial charge in [0.2, 0.25) is 5.95 Å². The van der Waals surface area contributed by atoms with Crippen molar-refractivity contribution in [1.29, 1.82) is 0 Å². The maximum Gasteiger partial charge on any atom is 0.223 e. The Labute approximate surface area is 133 Å². The molecule has 5 nitrogen and oxygen atoms in total. The third-order valence-corrected chi connectivity index (χ3v) is 4.45. The van der Waals surface area contributed by atoms with Gasteiger partial charge in [0, 0.05) is 21.1 Å². The van der Waals surface area contributed by atoms with Gasteiger partial charge in [-0.15, -0.1) is 0 Å². The van der Waals surface area contributed by atoms with Gasteiger partial charge in [0.25, 0.3) is 0 Å². The maximum atomic E-state index is 5.83. The van der Waals surface area contributed by atoms with E-state index in [0.29, 0.717) is 17.4 Å². The highest BCUT2D eigenvalue weighted by molar-refractivity contribution is 9.11. The zero-order chi connectivity index (χ0) is 14.1. The molecule has 1 aliphatic carbocycles. The van der Waals surface area contributed by atoms with Crippen molar-refractivity contribution in [3.63, 3.8) is 0 Å². The summed E-state index contributed by atoms with van der Waals surface area (Å²) in [4.78, 5) is 17.4. The van der Waals surface area contributed by atoms with Gasteiger partial charge < -0.3 is 5.73 Å². The molecule has 0 unspecified atom stereocenters. The minimum Gasteiger partial charge on any atom is -0.368 e. The van der Waals surface area contributed by atoms with Crippen LogP contribution in [-0.2, 0) is 0 Å². The Hall–Kier alpha value is -1.08. The zero-order valence-corrected chi connectivity index (χ0v) is 13.9. The second-order valence-electron chi connectivity index (χ2n) is 4.84. The average molecular weight is 399 g/mol. The molecule has 0 aromatic carbocycles. The lowest BCUT2D eigenvalue weighted by molar-refractivity contribution is 0.664. The first-order chi connectivity index (χ1) is 9.63. The number of rotatable bonds is 2. The van der Waals surface area contributed by atoms with Crippen LogP contribution in [0.3, 0.4) is 0 Å². The molecule has 20 heavy (non-hydrogen) atoms. The summed E-state index contributed by atoms with van der Waals surface area (Å²) in [5, 5.41) is 0. The van der Waals surface area contributed by atoms with Crippen molar-refractivity contribution in [3.05, 3.63) is 27.0 Å². The third-order valence-electron chi connectivity index (χ3n) is 3.41. The Morgan fingerprint density at radius 2 is 1.85 bits per heavy atom. The average Bonchev–Trinajstić information content (AvgIpc) is 2.91. The van der Waals surface area contributed by atoms with Gasteiger partial charge in [-0.2, -0.15) is 9.97 Å². The number of halogens is 2. The van der Waals surface area contributed by atoms with Gasteiger partial charge in [0.15, 0.2) is 5.82 Å². The van der Waals surface area contributed by atoms with Crippen LogP contribution >= 0.6 is 31.9 Å². The van der Waals surface area contributed by atoms with Crippen LogP contribution in [0.2, 0.25) is 0 Å². The van der Waals surface area contributed by atoms with Crippen molar-refractivity contribution >= 4 is 37.8 Å². The summed E-state index contributed by atoms with van der Waals surface area (Å²) in [6.07, 6.45) is 6.42. The number of hydrogen-bond acceptors (Lipinski definition) is 5. The minimum atomic E-state index is 0.258. The predicted molar refractivity (Wildman–Crippen MR) is 84.1 cm³/mol. The SMILES string of the molecule is Nc1nc(-c2ncc(Br)cc2Br)nc(C2CCCC2)n1. The molecule has 0 aliphatic heterocycles. The lowest BCUT2D eigenvalue weighted by Crippen LogP contribution is -2.08. The molecule has 0 saturated heterocycles. The van der Waals surface area contributed by atoms with E-state index in [9.17, 15) is 0 Å². The summed E-state index contributed by atoms with van der Waals surface area (Å²) in [7, 11) is 0. The highest BCUT2D eigenvalue weighted by atomic mass is 79.9. The fourth-order valence-electron chi connectivity index (χ4n) is 2.46. The van der Waals surface area contributed by atoms with Gasteiger partial charge in [-0.1, -0.05) is 12.8 Å². The van der Waals surface area contributed by atoms with Crippen LogP contribution in [0.5, 0.6) is 0 Å². The Kier molecular flexibility index (Phi) is 3.98. The number of hydrogen-bond donors (Lipinski definition) is 1. The number of aromatic nitrogens is 4. The van der Waals surface area contributed by atoms with Gasteiger partial charge in [-0.25, -0.2) is 4.98 Å². The molecule has 1 saturated carbocycles. The smallest absolute Gasteiger partial charge is 0.223 e. The quantitative estimate of drug-likeness (QED) is 0.834. The molecule has 1 fully saturated rings. The van der Waals surface area contributed by atoms with Crippen LogP contribution in [0.1, 0.15) is 37.4 Å². The van der Waals surface area contributed by atoms with Crippen LogP contribution in [0.4, 0.5) is 5.95 Å². The van der Waals surface area contributed by atoms with Crippen LogP contribution in [0.15, 0.2) is 21.2 Å². The fourth-order valence-corrected chi connectivity index (χ4v) is 3.63. The monoisotopic (exact) mass is 397 g/mol. The third kappa shape index (κ3) is 2.83. The largest absolute Gasteiger partial charge is 0.368 e. The van der Waals surface area contributed by atoms with Crippen LogP contribution < -0.4 is 5.73 Å². The Bertz CT molecular complexity index is 641. The van der Waals surface area contributed by atoms with Crippen LogP contribution in [0.25, 0.3) is 11.5 Å². The van der Waals surface area contributed by atoms with Crippen molar-refractivity contribution in [2.24, 2.45) is 0 Å². The summed E-state index contributed by atoms with van der Waals surface area (Å²) in [6, 6.07) is 1.91. The van der Waals surface area contributed by atoms with Crippen molar-refractivity contribution in [2.75, 3.05) is 5.73 Å². The van der Waals surface area contributed by atoms with Crippen molar-refractivity contribution in [2.45, 2.75) is 31.6 Å². The van der Waals surface area contributed by atoms with Gasteiger partial charge in [0.05, 0.1) is 0 Å². The molecule has 0 amide bonds. The molecule has 2 aromatic heterocycles. The van der Waals surface area contributed by atoms with E-state index in [0.717, 1.165) is 27.6 Å². The fraction of sp³-hybridized carbons (Fsp3) is 0.385. The molecule has 2 N–H and O–H groups in total. The number of nitrogens with two attached hydrogens (primary N) is 1. The predicted octanol–water partition coefficient (Wildman–Crippen LogP) is 3.70. The molecular weight excluding hydrogens is 386 g/mol. The lowest BCUT2D eigenvalue weighted by atomic mass is 10.1. The van der Waals surface area contributed by atoms with E-state index in [4.69, 9.17) is 5.73 Å². The molecule has 104 valence electrons. The molecule has 0 bridgehead atoms. The first-order valence-corrected chi connectivity index (χ1v) is 8.05. The summed E-state index contributed by atoms with van der Waals surface area (Å²) >= 11 is 6.86. The second-order valence-corrected chi connectivity index (χ2v) is 6.61. The van der Waals surface area contributed by atoms with Crippen molar-refractivity contribution in [3.8, 4) is 11.5 Å². The molecule has 7 heteroatoms. The standard InChI is InChI=1S/C13H13Br2N5/c14-8-5-9(15)10(17-6-8)12-18-11(19-13(16)20-12)7-3-1-2-4-7/h5-7H,1-4H2,(H2,16,18,19,20). The van der Waals surface area contributed by atoms with Crippen molar-refractivity contribution < 1.29 is 0 Å². The minimum absolute atomic E-state index is 0.258. The normalized spacial score (nSPS) is 15.7. The first kappa shape index (κ1) is 13.9. The summed E-state index contributed by atoms with van der Waals surface area (Å²) < 4.78 is 1.72. The van der Waals surface area contributed by atoms with E-state index < -0.39 is 0 Å². The summed E-state index contributed by atoms with van der Waals surface area (Å²) in [5.74, 6) is 1.97. The molecule has 0 spiro atoms. The molecule has 2 heterocycles. The lowest BCUT2D eigenvalue weighted by Gasteiger charge is -2.10. The second kappa shape index (κ2) is 5.73. The topological polar surface area (TPSA) is 77.6 Å².